The zero-order valence-electron chi connectivity index (χ0n) is 29.2. The largest absolute Gasteiger partial charge is 0.310 e. The SMILES string of the molecule is c1ccc(-c2ccc(-c3ccc(N(c4ccc5c(c4)-c4ccccc4-c4ccccc4-c4ccccc4-5)c4ccc5ccccc5c4)cc3)cc2)cc1. The van der Waals surface area contributed by atoms with Crippen molar-refractivity contribution in [3.05, 3.63) is 212 Å². The first kappa shape index (κ1) is 30.8. The van der Waals surface area contributed by atoms with Crippen LogP contribution in [-0.2, 0) is 0 Å². The maximum atomic E-state index is 2.40. The van der Waals surface area contributed by atoms with E-state index in [0.29, 0.717) is 0 Å². The molecule has 0 radical (unpaired) electrons. The molecule has 9 aromatic carbocycles. The molecule has 9 aromatic rings. The minimum atomic E-state index is 1.11. The van der Waals surface area contributed by atoms with E-state index in [1.165, 1.54) is 77.5 Å². The number of nitrogens with zero attached hydrogens (tertiary/aromatic N) is 1. The van der Waals surface area contributed by atoms with Crippen molar-refractivity contribution in [2.75, 3.05) is 4.90 Å². The number of fused-ring (bicyclic) bond motifs is 9. The van der Waals surface area contributed by atoms with E-state index in [9.17, 15) is 0 Å². The van der Waals surface area contributed by atoms with Crippen LogP contribution in [0.4, 0.5) is 17.1 Å². The molecule has 1 aliphatic rings. The van der Waals surface area contributed by atoms with Gasteiger partial charge >= 0.3 is 0 Å². The van der Waals surface area contributed by atoms with E-state index in [0.717, 1.165) is 17.1 Å². The lowest BCUT2D eigenvalue weighted by Crippen LogP contribution is -2.10. The van der Waals surface area contributed by atoms with Gasteiger partial charge in [0.05, 0.1) is 0 Å². The molecule has 0 aliphatic heterocycles. The van der Waals surface area contributed by atoms with Crippen molar-refractivity contribution in [2.24, 2.45) is 0 Å². The van der Waals surface area contributed by atoms with Gasteiger partial charge in [-0.3, -0.25) is 0 Å². The van der Waals surface area contributed by atoms with Crippen LogP contribution in [0.1, 0.15) is 0 Å². The van der Waals surface area contributed by atoms with Crippen LogP contribution in [0.25, 0.3) is 77.5 Å². The van der Waals surface area contributed by atoms with E-state index in [4.69, 9.17) is 0 Å². The molecule has 10 rings (SSSR count). The second-order valence-electron chi connectivity index (χ2n) is 13.7. The molecule has 0 amide bonds. The number of rotatable bonds is 5. The lowest BCUT2D eigenvalue weighted by atomic mass is 9.81. The molecule has 248 valence electrons. The summed E-state index contributed by atoms with van der Waals surface area (Å²) in [4.78, 5) is 2.40. The molecule has 0 saturated carbocycles. The molecule has 1 aliphatic carbocycles. The van der Waals surface area contributed by atoms with Crippen molar-refractivity contribution >= 4 is 27.8 Å². The summed E-state index contributed by atoms with van der Waals surface area (Å²) in [5, 5.41) is 2.44. The zero-order valence-corrected chi connectivity index (χ0v) is 29.2. The second-order valence-corrected chi connectivity index (χ2v) is 13.7. The Morgan fingerprint density at radius 3 is 1.11 bits per heavy atom. The van der Waals surface area contributed by atoms with Crippen molar-refractivity contribution < 1.29 is 0 Å². The Hall–Kier alpha value is -6.96. The third-order valence-electron chi connectivity index (χ3n) is 10.6. The van der Waals surface area contributed by atoms with Crippen molar-refractivity contribution in [1.82, 2.24) is 0 Å². The Labute approximate surface area is 310 Å². The predicted octanol–water partition coefficient (Wildman–Crippen LogP) is 14.6. The maximum absolute atomic E-state index is 2.40. The van der Waals surface area contributed by atoms with Crippen LogP contribution in [0.15, 0.2) is 212 Å². The summed E-state index contributed by atoms with van der Waals surface area (Å²) in [7, 11) is 0. The van der Waals surface area contributed by atoms with Gasteiger partial charge in [0.15, 0.2) is 0 Å². The first-order chi connectivity index (χ1) is 26.3. The molecule has 1 nitrogen and oxygen atoms in total. The van der Waals surface area contributed by atoms with Gasteiger partial charge < -0.3 is 4.90 Å². The lowest BCUT2D eigenvalue weighted by Gasteiger charge is -2.28. The van der Waals surface area contributed by atoms with Crippen LogP contribution in [0.2, 0.25) is 0 Å². The highest BCUT2D eigenvalue weighted by molar-refractivity contribution is 6.04. The molecule has 0 saturated heterocycles. The first-order valence-electron chi connectivity index (χ1n) is 18.3. The van der Waals surface area contributed by atoms with Crippen LogP contribution in [-0.4, -0.2) is 0 Å². The number of hydrogen-bond acceptors (Lipinski definition) is 1. The second kappa shape index (κ2) is 13.0. The van der Waals surface area contributed by atoms with Gasteiger partial charge in [-0.05, 0) is 114 Å². The number of hydrogen-bond donors (Lipinski definition) is 0. The molecule has 0 atom stereocenters. The average molecular weight is 674 g/mol. The summed E-state index contributed by atoms with van der Waals surface area (Å²) in [6.45, 7) is 0. The van der Waals surface area contributed by atoms with E-state index >= 15 is 0 Å². The molecule has 0 aromatic heterocycles. The minimum Gasteiger partial charge on any atom is -0.310 e. The fourth-order valence-electron chi connectivity index (χ4n) is 8.04. The van der Waals surface area contributed by atoms with Crippen LogP contribution >= 0.6 is 0 Å². The highest BCUT2D eigenvalue weighted by Crippen LogP contribution is 2.49. The maximum Gasteiger partial charge on any atom is 0.0468 e. The Bertz CT molecular complexity index is 2750. The molecule has 0 unspecified atom stereocenters. The molecule has 53 heavy (non-hydrogen) atoms. The van der Waals surface area contributed by atoms with Crippen molar-refractivity contribution in [3.8, 4) is 66.8 Å². The van der Waals surface area contributed by atoms with Gasteiger partial charge in [0.1, 0.15) is 0 Å². The van der Waals surface area contributed by atoms with E-state index in [-0.39, 0.29) is 0 Å². The number of benzene rings is 9. The third kappa shape index (κ3) is 5.51. The molecule has 0 bridgehead atoms. The molecule has 0 spiro atoms. The lowest BCUT2D eigenvalue weighted by molar-refractivity contribution is 1.29. The zero-order chi connectivity index (χ0) is 35.1. The van der Waals surface area contributed by atoms with Gasteiger partial charge in [-0.1, -0.05) is 176 Å². The Morgan fingerprint density at radius 2 is 0.566 bits per heavy atom. The van der Waals surface area contributed by atoms with E-state index in [2.05, 4.69) is 217 Å². The van der Waals surface area contributed by atoms with E-state index < -0.39 is 0 Å². The fourth-order valence-corrected chi connectivity index (χ4v) is 8.04. The Morgan fingerprint density at radius 1 is 0.208 bits per heavy atom. The van der Waals surface area contributed by atoms with Gasteiger partial charge in [-0.25, -0.2) is 0 Å². The van der Waals surface area contributed by atoms with Crippen LogP contribution in [0, 0.1) is 0 Å². The molecule has 0 fully saturated rings. The monoisotopic (exact) mass is 673 g/mol. The van der Waals surface area contributed by atoms with Crippen LogP contribution in [0.5, 0.6) is 0 Å². The highest BCUT2D eigenvalue weighted by atomic mass is 15.1. The highest BCUT2D eigenvalue weighted by Gasteiger charge is 2.23. The van der Waals surface area contributed by atoms with Gasteiger partial charge in [0, 0.05) is 17.1 Å². The standard InChI is InChI=1S/C52H35N/c1-2-12-36(13-3-1)38-22-24-39(25-23-38)40-26-29-42(30-27-40)53(43-31-28-37-14-4-5-15-41(37)34-43)44-32-33-51-49-20-9-8-18-47(49)45-16-6-7-17-46(45)48-19-10-11-21-50(48)52(51)35-44/h1-35H. The average Bonchev–Trinajstić information content (AvgIpc) is 3.24. The van der Waals surface area contributed by atoms with Gasteiger partial charge in [-0.2, -0.15) is 0 Å². The van der Waals surface area contributed by atoms with Gasteiger partial charge in [0.2, 0.25) is 0 Å². The summed E-state index contributed by atoms with van der Waals surface area (Å²) in [5.74, 6) is 0. The fraction of sp³-hybridized carbons (Fsp3) is 0. The van der Waals surface area contributed by atoms with Gasteiger partial charge in [0.25, 0.3) is 0 Å². The quantitative estimate of drug-likeness (QED) is 0.176. The Kier molecular flexibility index (Phi) is 7.55. The van der Waals surface area contributed by atoms with Crippen molar-refractivity contribution in [2.45, 2.75) is 0 Å². The van der Waals surface area contributed by atoms with Gasteiger partial charge in [-0.15, -0.1) is 0 Å². The topological polar surface area (TPSA) is 3.24 Å². The summed E-state index contributed by atoms with van der Waals surface area (Å²) in [6, 6.07) is 77.4. The molecular formula is C52H35N. The van der Waals surface area contributed by atoms with Crippen molar-refractivity contribution in [1.29, 1.82) is 0 Å². The molecule has 0 N–H and O–H groups in total. The summed E-state index contributed by atoms with van der Waals surface area (Å²) in [5.41, 5.74) is 18.1. The molecule has 1 heteroatoms. The first-order valence-corrected chi connectivity index (χ1v) is 18.3. The van der Waals surface area contributed by atoms with E-state index in [1.807, 2.05) is 0 Å². The third-order valence-corrected chi connectivity index (χ3v) is 10.6. The molecule has 0 heterocycles. The Balaban J connectivity index is 1.13. The smallest absolute Gasteiger partial charge is 0.0468 e. The summed E-state index contributed by atoms with van der Waals surface area (Å²) >= 11 is 0. The number of anilines is 3. The minimum absolute atomic E-state index is 1.11. The van der Waals surface area contributed by atoms with E-state index in [1.54, 1.807) is 0 Å². The van der Waals surface area contributed by atoms with Crippen LogP contribution < -0.4 is 4.90 Å². The van der Waals surface area contributed by atoms with Crippen LogP contribution in [0.3, 0.4) is 0 Å². The normalized spacial score (nSPS) is 11.4. The summed E-state index contributed by atoms with van der Waals surface area (Å²) < 4.78 is 0. The summed E-state index contributed by atoms with van der Waals surface area (Å²) in [6.07, 6.45) is 0. The van der Waals surface area contributed by atoms with Crippen molar-refractivity contribution in [3.63, 3.8) is 0 Å². The molecular weight excluding hydrogens is 639 g/mol. The predicted molar refractivity (Wildman–Crippen MR) is 225 cm³/mol.